The molecule has 0 bridgehead atoms. The molecule has 1 heterocycles. The van der Waals surface area contributed by atoms with Crippen molar-refractivity contribution in [2.24, 2.45) is 5.92 Å². The van der Waals surface area contributed by atoms with Crippen LogP contribution in [0.15, 0.2) is 18.2 Å². The number of benzene rings is 1. The van der Waals surface area contributed by atoms with Gasteiger partial charge < -0.3 is 15.2 Å². The van der Waals surface area contributed by atoms with Gasteiger partial charge in [0.15, 0.2) is 0 Å². The standard InChI is InChI=1S/C18H27NO2/c1-2-16(19-17-6-4-3-5-15(17)12-20)13-7-8-18-14(11-13)9-10-21-18/h7-8,11,15-17,19-20H,2-6,9-10,12H2,1H3. The zero-order valence-electron chi connectivity index (χ0n) is 13.0. The number of hydrogen-bond donors (Lipinski definition) is 2. The monoisotopic (exact) mass is 289 g/mol. The number of rotatable bonds is 5. The van der Waals surface area contributed by atoms with E-state index in [0.717, 1.165) is 31.6 Å². The van der Waals surface area contributed by atoms with Crippen molar-refractivity contribution in [2.75, 3.05) is 13.2 Å². The van der Waals surface area contributed by atoms with Gasteiger partial charge in [0.1, 0.15) is 5.75 Å². The maximum atomic E-state index is 9.59. The van der Waals surface area contributed by atoms with Crippen molar-refractivity contribution in [1.82, 2.24) is 5.32 Å². The molecule has 1 saturated carbocycles. The number of aliphatic hydroxyl groups is 1. The SMILES string of the molecule is CCC(NC1CCCCC1CO)c1ccc2c(c1)CCO2. The van der Waals surface area contributed by atoms with Gasteiger partial charge in [0.2, 0.25) is 0 Å². The zero-order valence-corrected chi connectivity index (χ0v) is 13.0. The van der Waals surface area contributed by atoms with Crippen LogP contribution in [0.5, 0.6) is 5.75 Å². The highest BCUT2D eigenvalue weighted by Gasteiger charge is 2.27. The maximum Gasteiger partial charge on any atom is 0.122 e. The fourth-order valence-corrected chi connectivity index (χ4v) is 3.78. The molecule has 2 N–H and O–H groups in total. The first kappa shape index (κ1) is 14.9. The summed E-state index contributed by atoms with van der Waals surface area (Å²) in [5, 5.41) is 13.4. The summed E-state index contributed by atoms with van der Waals surface area (Å²) >= 11 is 0. The summed E-state index contributed by atoms with van der Waals surface area (Å²) in [6, 6.07) is 7.46. The molecule has 3 heteroatoms. The summed E-state index contributed by atoms with van der Waals surface area (Å²) in [4.78, 5) is 0. The molecule has 1 aliphatic heterocycles. The van der Waals surface area contributed by atoms with Crippen LogP contribution in [0.25, 0.3) is 0 Å². The molecule has 1 aliphatic carbocycles. The normalized spacial score (nSPS) is 26.2. The van der Waals surface area contributed by atoms with Gasteiger partial charge in [-0.2, -0.15) is 0 Å². The highest BCUT2D eigenvalue weighted by molar-refractivity contribution is 5.40. The van der Waals surface area contributed by atoms with Crippen LogP contribution in [-0.4, -0.2) is 24.4 Å². The van der Waals surface area contributed by atoms with E-state index >= 15 is 0 Å². The Bertz CT molecular complexity index is 474. The van der Waals surface area contributed by atoms with Gasteiger partial charge in [-0.05, 0) is 42.4 Å². The van der Waals surface area contributed by atoms with Crippen molar-refractivity contribution in [3.63, 3.8) is 0 Å². The summed E-state index contributed by atoms with van der Waals surface area (Å²) in [6.45, 7) is 3.36. The Morgan fingerprint density at radius 2 is 2.19 bits per heavy atom. The zero-order chi connectivity index (χ0) is 14.7. The summed E-state index contributed by atoms with van der Waals surface area (Å²) in [5.74, 6) is 1.48. The van der Waals surface area contributed by atoms with Crippen molar-refractivity contribution in [1.29, 1.82) is 0 Å². The topological polar surface area (TPSA) is 41.5 Å². The van der Waals surface area contributed by atoms with E-state index in [1.807, 2.05) is 0 Å². The number of nitrogens with one attached hydrogen (secondary N) is 1. The first-order valence-corrected chi connectivity index (χ1v) is 8.44. The molecule has 0 radical (unpaired) electrons. The van der Waals surface area contributed by atoms with E-state index < -0.39 is 0 Å². The van der Waals surface area contributed by atoms with Crippen molar-refractivity contribution in [3.05, 3.63) is 29.3 Å². The van der Waals surface area contributed by atoms with Gasteiger partial charge in [-0.15, -0.1) is 0 Å². The Hall–Kier alpha value is -1.06. The quantitative estimate of drug-likeness (QED) is 0.874. The average Bonchev–Trinajstić information content (AvgIpc) is 3.00. The lowest BCUT2D eigenvalue weighted by Gasteiger charge is -2.34. The Labute approximate surface area is 127 Å². The van der Waals surface area contributed by atoms with Crippen molar-refractivity contribution >= 4 is 0 Å². The van der Waals surface area contributed by atoms with Crippen LogP contribution in [0.4, 0.5) is 0 Å². The molecule has 1 aromatic rings. The second kappa shape index (κ2) is 6.80. The van der Waals surface area contributed by atoms with Gasteiger partial charge in [-0.25, -0.2) is 0 Å². The molecule has 1 aromatic carbocycles. The van der Waals surface area contributed by atoms with E-state index in [1.54, 1.807) is 0 Å². The fraction of sp³-hybridized carbons (Fsp3) is 0.667. The summed E-state index contributed by atoms with van der Waals surface area (Å²) in [7, 11) is 0. The second-order valence-electron chi connectivity index (χ2n) is 6.43. The molecular formula is C18H27NO2. The van der Waals surface area contributed by atoms with Gasteiger partial charge in [-0.3, -0.25) is 0 Å². The maximum absolute atomic E-state index is 9.59. The Balaban J connectivity index is 1.72. The van der Waals surface area contributed by atoms with Crippen molar-refractivity contribution < 1.29 is 9.84 Å². The molecule has 21 heavy (non-hydrogen) atoms. The number of ether oxygens (including phenoxy) is 1. The third-order valence-electron chi connectivity index (χ3n) is 5.08. The molecule has 0 amide bonds. The minimum atomic E-state index is 0.312. The van der Waals surface area contributed by atoms with Crippen LogP contribution in [-0.2, 0) is 6.42 Å². The molecule has 116 valence electrons. The minimum absolute atomic E-state index is 0.312. The molecule has 3 unspecified atom stereocenters. The molecule has 1 fully saturated rings. The Morgan fingerprint density at radius 1 is 1.33 bits per heavy atom. The van der Waals surface area contributed by atoms with E-state index in [4.69, 9.17) is 4.74 Å². The molecular weight excluding hydrogens is 262 g/mol. The molecule has 0 aromatic heterocycles. The smallest absolute Gasteiger partial charge is 0.122 e. The van der Waals surface area contributed by atoms with E-state index in [2.05, 4.69) is 30.4 Å². The molecule has 2 aliphatic rings. The minimum Gasteiger partial charge on any atom is -0.493 e. The summed E-state index contributed by atoms with van der Waals surface area (Å²) in [5.41, 5.74) is 2.71. The van der Waals surface area contributed by atoms with Crippen molar-refractivity contribution in [2.45, 2.75) is 57.5 Å². The lowest BCUT2D eigenvalue weighted by Crippen LogP contribution is -2.42. The molecule has 0 spiro atoms. The lowest BCUT2D eigenvalue weighted by atomic mass is 9.84. The van der Waals surface area contributed by atoms with Crippen LogP contribution >= 0.6 is 0 Å². The van der Waals surface area contributed by atoms with Crippen LogP contribution in [0.1, 0.15) is 56.2 Å². The van der Waals surface area contributed by atoms with Crippen LogP contribution < -0.4 is 10.1 Å². The number of fused-ring (bicyclic) bond motifs is 1. The predicted octanol–water partition coefficient (Wildman–Crippen LogP) is 3.21. The average molecular weight is 289 g/mol. The fourth-order valence-electron chi connectivity index (χ4n) is 3.78. The van der Waals surface area contributed by atoms with E-state index in [-0.39, 0.29) is 0 Å². The van der Waals surface area contributed by atoms with Crippen LogP contribution in [0.3, 0.4) is 0 Å². The lowest BCUT2D eigenvalue weighted by molar-refractivity contribution is 0.145. The highest BCUT2D eigenvalue weighted by atomic mass is 16.5. The van der Waals surface area contributed by atoms with Crippen LogP contribution in [0, 0.1) is 5.92 Å². The third-order valence-corrected chi connectivity index (χ3v) is 5.08. The second-order valence-corrected chi connectivity index (χ2v) is 6.43. The molecule has 3 rings (SSSR count). The largest absolute Gasteiger partial charge is 0.493 e. The summed E-state index contributed by atoms with van der Waals surface area (Å²) < 4.78 is 5.60. The van der Waals surface area contributed by atoms with E-state index in [0.29, 0.717) is 24.6 Å². The van der Waals surface area contributed by atoms with Crippen LogP contribution in [0.2, 0.25) is 0 Å². The van der Waals surface area contributed by atoms with Gasteiger partial charge in [-0.1, -0.05) is 31.9 Å². The Morgan fingerprint density at radius 3 is 3.00 bits per heavy atom. The predicted molar refractivity (Wildman–Crippen MR) is 84.6 cm³/mol. The molecule has 3 atom stereocenters. The van der Waals surface area contributed by atoms with Gasteiger partial charge in [0.05, 0.1) is 6.61 Å². The van der Waals surface area contributed by atoms with E-state index in [1.165, 1.54) is 30.4 Å². The number of aliphatic hydroxyl groups excluding tert-OH is 1. The van der Waals surface area contributed by atoms with Gasteiger partial charge in [0.25, 0.3) is 0 Å². The van der Waals surface area contributed by atoms with Gasteiger partial charge in [0, 0.05) is 25.1 Å². The molecule has 0 saturated heterocycles. The molecule has 3 nitrogen and oxygen atoms in total. The first-order chi connectivity index (χ1) is 10.3. The number of hydrogen-bond acceptors (Lipinski definition) is 3. The Kier molecular flexibility index (Phi) is 4.81. The first-order valence-electron chi connectivity index (χ1n) is 8.44. The third kappa shape index (κ3) is 3.24. The highest BCUT2D eigenvalue weighted by Crippen LogP contribution is 2.31. The summed E-state index contributed by atoms with van der Waals surface area (Å²) in [6.07, 6.45) is 6.99. The van der Waals surface area contributed by atoms with E-state index in [9.17, 15) is 5.11 Å². The van der Waals surface area contributed by atoms with Crippen molar-refractivity contribution in [3.8, 4) is 5.75 Å². The van der Waals surface area contributed by atoms with Gasteiger partial charge >= 0.3 is 0 Å².